The van der Waals surface area contributed by atoms with Gasteiger partial charge >= 0.3 is 5.97 Å². The first kappa shape index (κ1) is 22.4. The topological polar surface area (TPSA) is 75.7 Å². The van der Waals surface area contributed by atoms with Crippen LogP contribution in [0.2, 0.25) is 0 Å². The number of ether oxygens (including phenoxy) is 1. The molecule has 2 rings (SSSR count). The van der Waals surface area contributed by atoms with E-state index in [9.17, 15) is 18.8 Å². The number of carbonyl (C=O) groups excluding carboxylic acids is 3. The van der Waals surface area contributed by atoms with Crippen molar-refractivity contribution in [1.29, 1.82) is 0 Å². The van der Waals surface area contributed by atoms with Crippen molar-refractivity contribution in [2.24, 2.45) is 0 Å². The molecule has 0 spiro atoms. The molecule has 2 aromatic rings. The minimum atomic E-state index is -1.09. The SMILES string of the molecule is Cc1ccc(NC(=O)C(C)OC(=O)c2ccccc2SCC(=O)N(C)C)cc1F. The van der Waals surface area contributed by atoms with Gasteiger partial charge in [0.15, 0.2) is 6.10 Å². The summed E-state index contributed by atoms with van der Waals surface area (Å²) in [5.41, 5.74) is 1.01. The standard InChI is InChI=1S/C21H23FN2O4S/c1-13-9-10-15(11-17(13)22)23-20(26)14(2)28-21(27)16-7-5-6-8-18(16)29-12-19(25)24(3)4/h5-11,14H,12H2,1-4H3,(H,23,26). The highest BCUT2D eigenvalue weighted by Gasteiger charge is 2.21. The van der Waals surface area contributed by atoms with E-state index in [4.69, 9.17) is 4.74 Å². The molecule has 0 aliphatic carbocycles. The van der Waals surface area contributed by atoms with Gasteiger partial charge in [0.25, 0.3) is 5.91 Å². The Kier molecular flexibility index (Phi) is 7.78. The minimum absolute atomic E-state index is 0.0868. The number of amides is 2. The maximum atomic E-state index is 13.6. The zero-order chi connectivity index (χ0) is 21.6. The molecule has 29 heavy (non-hydrogen) atoms. The van der Waals surface area contributed by atoms with E-state index in [1.165, 1.54) is 29.7 Å². The van der Waals surface area contributed by atoms with E-state index in [2.05, 4.69) is 5.32 Å². The number of hydrogen-bond donors (Lipinski definition) is 1. The Morgan fingerprint density at radius 3 is 2.52 bits per heavy atom. The van der Waals surface area contributed by atoms with Gasteiger partial charge in [-0.2, -0.15) is 0 Å². The second-order valence-electron chi connectivity index (χ2n) is 6.57. The molecule has 0 aromatic heterocycles. The maximum Gasteiger partial charge on any atom is 0.340 e. The number of nitrogens with zero attached hydrogens (tertiary/aromatic N) is 1. The lowest BCUT2D eigenvalue weighted by Crippen LogP contribution is -2.30. The van der Waals surface area contributed by atoms with Crippen molar-refractivity contribution in [3.05, 3.63) is 59.4 Å². The Bertz CT molecular complexity index is 917. The highest BCUT2D eigenvalue weighted by Crippen LogP contribution is 2.24. The first-order valence-electron chi connectivity index (χ1n) is 8.89. The summed E-state index contributed by atoms with van der Waals surface area (Å²) in [6.45, 7) is 3.05. The second kappa shape index (κ2) is 10.1. The molecular weight excluding hydrogens is 395 g/mol. The van der Waals surface area contributed by atoms with Crippen LogP contribution >= 0.6 is 11.8 Å². The Balaban J connectivity index is 2.02. The molecule has 0 saturated carbocycles. The summed E-state index contributed by atoms with van der Waals surface area (Å²) in [5.74, 6) is -1.61. The van der Waals surface area contributed by atoms with Crippen LogP contribution in [-0.4, -0.2) is 48.6 Å². The molecule has 0 radical (unpaired) electrons. The zero-order valence-electron chi connectivity index (χ0n) is 16.7. The van der Waals surface area contributed by atoms with Crippen LogP contribution in [0.1, 0.15) is 22.8 Å². The van der Waals surface area contributed by atoms with Crippen molar-refractivity contribution in [3.63, 3.8) is 0 Å². The summed E-state index contributed by atoms with van der Waals surface area (Å²) >= 11 is 1.22. The number of anilines is 1. The van der Waals surface area contributed by atoms with Crippen LogP contribution in [0.25, 0.3) is 0 Å². The van der Waals surface area contributed by atoms with Crippen molar-refractivity contribution in [2.45, 2.75) is 24.8 Å². The van der Waals surface area contributed by atoms with Gasteiger partial charge < -0.3 is 15.0 Å². The Morgan fingerprint density at radius 2 is 1.86 bits per heavy atom. The van der Waals surface area contributed by atoms with Crippen molar-refractivity contribution in [1.82, 2.24) is 4.90 Å². The van der Waals surface area contributed by atoms with Gasteiger partial charge in [-0.3, -0.25) is 9.59 Å². The normalized spacial score (nSPS) is 11.5. The second-order valence-corrected chi connectivity index (χ2v) is 7.59. The number of benzene rings is 2. The van der Waals surface area contributed by atoms with Crippen LogP contribution in [0, 0.1) is 12.7 Å². The van der Waals surface area contributed by atoms with E-state index in [1.54, 1.807) is 57.4 Å². The highest BCUT2D eigenvalue weighted by molar-refractivity contribution is 8.00. The largest absolute Gasteiger partial charge is 0.449 e. The predicted octanol–water partition coefficient (Wildman–Crippen LogP) is 3.50. The fourth-order valence-electron chi connectivity index (χ4n) is 2.22. The van der Waals surface area contributed by atoms with E-state index >= 15 is 0 Å². The Labute approximate surface area is 173 Å². The van der Waals surface area contributed by atoms with E-state index in [-0.39, 0.29) is 22.9 Å². The Morgan fingerprint density at radius 1 is 1.17 bits per heavy atom. The maximum absolute atomic E-state index is 13.6. The smallest absolute Gasteiger partial charge is 0.340 e. The summed E-state index contributed by atoms with van der Waals surface area (Å²) in [4.78, 5) is 38.7. The molecule has 1 unspecified atom stereocenters. The molecule has 0 fully saturated rings. The number of carbonyl (C=O) groups is 3. The minimum Gasteiger partial charge on any atom is -0.449 e. The average molecular weight is 418 g/mol. The van der Waals surface area contributed by atoms with E-state index in [0.717, 1.165) is 0 Å². The van der Waals surface area contributed by atoms with Crippen LogP contribution in [0.3, 0.4) is 0 Å². The lowest BCUT2D eigenvalue weighted by atomic mass is 10.2. The molecule has 2 amide bonds. The highest BCUT2D eigenvalue weighted by atomic mass is 32.2. The Hall–Kier alpha value is -2.87. The third kappa shape index (κ3) is 6.32. The first-order chi connectivity index (χ1) is 13.7. The molecular formula is C21H23FN2O4S. The quantitative estimate of drug-likeness (QED) is 0.550. The monoisotopic (exact) mass is 418 g/mol. The summed E-state index contributed by atoms with van der Waals surface area (Å²) in [6, 6.07) is 11.0. The molecule has 1 N–H and O–H groups in total. The third-order valence-corrected chi connectivity index (χ3v) is 5.11. The summed E-state index contributed by atoms with van der Waals surface area (Å²) in [6.07, 6.45) is -1.09. The average Bonchev–Trinajstić information content (AvgIpc) is 2.68. The van der Waals surface area contributed by atoms with Crippen LogP contribution in [-0.2, 0) is 14.3 Å². The molecule has 1 atom stereocenters. The van der Waals surface area contributed by atoms with E-state index in [0.29, 0.717) is 10.5 Å². The van der Waals surface area contributed by atoms with Crippen LogP contribution in [0.4, 0.5) is 10.1 Å². The zero-order valence-corrected chi connectivity index (χ0v) is 17.5. The third-order valence-electron chi connectivity index (χ3n) is 4.05. The van der Waals surface area contributed by atoms with Crippen LogP contribution in [0.15, 0.2) is 47.4 Å². The molecule has 0 heterocycles. The number of aryl methyl sites for hydroxylation is 1. The van der Waals surface area contributed by atoms with Gasteiger partial charge in [0.05, 0.1) is 11.3 Å². The fourth-order valence-corrected chi connectivity index (χ4v) is 3.24. The van der Waals surface area contributed by atoms with E-state index in [1.807, 2.05) is 0 Å². The van der Waals surface area contributed by atoms with Crippen molar-refractivity contribution in [2.75, 3.05) is 25.2 Å². The van der Waals surface area contributed by atoms with Gasteiger partial charge in [-0.05, 0) is 43.7 Å². The van der Waals surface area contributed by atoms with Gasteiger partial charge in [0, 0.05) is 24.7 Å². The van der Waals surface area contributed by atoms with Crippen molar-refractivity contribution >= 4 is 35.2 Å². The number of halogens is 1. The molecule has 6 nitrogen and oxygen atoms in total. The van der Waals surface area contributed by atoms with Crippen molar-refractivity contribution in [3.8, 4) is 0 Å². The van der Waals surface area contributed by atoms with Gasteiger partial charge in [0.1, 0.15) is 5.82 Å². The van der Waals surface area contributed by atoms with Crippen molar-refractivity contribution < 1.29 is 23.5 Å². The molecule has 154 valence electrons. The van der Waals surface area contributed by atoms with Gasteiger partial charge in [-0.15, -0.1) is 11.8 Å². The first-order valence-corrected chi connectivity index (χ1v) is 9.87. The van der Waals surface area contributed by atoms with Gasteiger partial charge in [0.2, 0.25) is 5.91 Å². The predicted molar refractivity (Wildman–Crippen MR) is 111 cm³/mol. The van der Waals surface area contributed by atoms with Crippen LogP contribution in [0.5, 0.6) is 0 Å². The lowest BCUT2D eigenvalue weighted by molar-refractivity contribution is -0.126. The molecule has 0 bridgehead atoms. The molecule has 0 aliphatic rings. The number of hydrogen-bond acceptors (Lipinski definition) is 5. The molecule has 0 saturated heterocycles. The number of thioether (sulfide) groups is 1. The number of rotatable bonds is 7. The summed E-state index contributed by atoms with van der Waals surface area (Å²) in [5, 5.41) is 2.52. The lowest BCUT2D eigenvalue weighted by Gasteiger charge is -2.15. The van der Waals surface area contributed by atoms with Gasteiger partial charge in [-0.1, -0.05) is 18.2 Å². The number of esters is 1. The summed E-state index contributed by atoms with van der Waals surface area (Å²) < 4.78 is 18.9. The molecule has 2 aromatic carbocycles. The fraction of sp³-hybridized carbons (Fsp3) is 0.286. The molecule has 0 aliphatic heterocycles. The summed E-state index contributed by atoms with van der Waals surface area (Å²) in [7, 11) is 3.31. The number of nitrogens with one attached hydrogen (secondary N) is 1. The molecule has 8 heteroatoms. The van der Waals surface area contributed by atoms with Crippen LogP contribution < -0.4 is 5.32 Å². The van der Waals surface area contributed by atoms with E-state index < -0.39 is 23.8 Å². The van der Waals surface area contributed by atoms with Gasteiger partial charge in [-0.25, -0.2) is 9.18 Å².